The number of rotatable bonds is 1. The van der Waals surface area contributed by atoms with Gasteiger partial charge in [-0.25, -0.2) is 0 Å². The molecule has 0 saturated carbocycles. The summed E-state index contributed by atoms with van der Waals surface area (Å²) in [6.45, 7) is 0. The van der Waals surface area contributed by atoms with Gasteiger partial charge in [-0.2, -0.15) is 0 Å². The minimum atomic E-state index is -0.0394. The zero-order valence-electron chi connectivity index (χ0n) is 5.96. The van der Waals surface area contributed by atoms with Crippen LogP contribution < -0.4 is 17.2 Å². The summed E-state index contributed by atoms with van der Waals surface area (Å²) in [7, 11) is 0. The molecule has 7 N–H and O–H groups in total. The molecule has 0 aliphatic heterocycles. The fraction of sp³-hybridized carbons (Fsp3) is 0. The number of amidine groups is 1. The van der Waals surface area contributed by atoms with Gasteiger partial charge in [-0.15, -0.1) is 0 Å². The number of benzene rings is 1. The molecular weight excluding hydrogens is 140 g/mol. The normalized spacial score (nSPS) is 9.45. The Balaban J connectivity index is 3.20. The van der Waals surface area contributed by atoms with E-state index in [1.54, 1.807) is 18.2 Å². The lowest BCUT2D eigenvalue weighted by Gasteiger charge is -2.02. The SMILES string of the molecule is N=C(N)c1ccc(N)cc1N. The second-order valence-corrected chi connectivity index (χ2v) is 2.26. The Morgan fingerprint density at radius 1 is 1.27 bits per heavy atom. The molecule has 1 rings (SSSR count). The van der Waals surface area contributed by atoms with Crippen LogP contribution in [0.25, 0.3) is 0 Å². The zero-order chi connectivity index (χ0) is 8.43. The molecule has 11 heavy (non-hydrogen) atoms. The first-order chi connectivity index (χ1) is 5.11. The van der Waals surface area contributed by atoms with E-state index < -0.39 is 0 Å². The van der Waals surface area contributed by atoms with E-state index in [0.717, 1.165) is 0 Å². The van der Waals surface area contributed by atoms with E-state index in [1.165, 1.54) is 0 Å². The van der Waals surface area contributed by atoms with Crippen LogP contribution in [0.3, 0.4) is 0 Å². The summed E-state index contributed by atoms with van der Waals surface area (Å²) in [5.74, 6) is -0.0394. The van der Waals surface area contributed by atoms with Crippen molar-refractivity contribution in [3.05, 3.63) is 23.8 Å². The molecule has 58 valence electrons. The van der Waals surface area contributed by atoms with Crippen LogP contribution >= 0.6 is 0 Å². The van der Waals surface area contributed by atoms with Crippen molar-refractivity contribution < 1.29 is 0 Å². The van der Waals surface area contributed by atoms with Crippen LogP contribution in [0, 0.1) is 5.41 Å². The van der Waals surface area contributed by atoms with Crippen molar-refractivity contribution in [3.63, 3.8) is 0 Å². The maximum atomic E-state index is 7.10. The number of hydrogen-bond acceptors (Lipinski definition) is 3. The monoisotopic (exact) mass is 150 g/mol. The van der Waals surface area contributed by atoms with Crippen molar-refractivity contribution in [2.45, 2.75) is 0 Å². The lowest BCUT2D eigenvalue weighted by molar-refractivity contribution is 1.43. The molecule has 1 aromatic carbocycles. The summed E-state index contributed by atoms with van der Waals surface area (Å²) in [5, 5.41) is 7.10. The molecule has 0 saturated heterocycles. The highest BCUT2D eigenvalue weighted by Gasteiger charge is 2.00. The van der Waals surface area contributed by atoms with E-state index in [-0.39, 0.29) is 5.84 Å². The fourth-order valence-electron chi connectivity index (χ4n) is 0.826. The quantitative estimate of drug-likeness (QED) is 0.260. The second-order valence-electron chi connectivity index (χ2n) is 2.26. The average Bonchev–Trinajstić information content (AvgIpc) is 1.85. The molecule has 1 aromatic rings. The van der Waals surface area contributed by atoms with E-state index in [4.69, 9.17) is 22.6 Å². The second kappa shape index (κ2) is 2.49. The van der Waals surface area contributed by atoms with Gasteiger partial charge in [0.25, 0.3) is 0 Å². The van der Waals surface area contributed by atoms with Crippen LogP contribution in [0.5, 0.6) is 0 Å². The summed E-state index contributed by atoms with van der Waals surface area (Å²) in [6, 6.07) is 4.87. The predicted molar refractivity (Wildman–Crippen MR) is 46.3 cm³/mol. The van der Waals surface area contributed by atoms with E-state index in [9.17, 15) is 0 Å². The molecule has 0 amide bonds. The molecule has 0 atom stereocenters. The molecular formula is C7H10N4. The minimum absolute atomic E-state index is 0.0394. The van der Waals surface area contributed by atoms with E-state index in [1.807, 2.05) is 0 Å². The van der Waals surface area contributed by atoms with Gasteiger partial charge in [0.1, 0.15) is 5.84 Å². The third kappa shape index (κ3) is 1.40. The number of anilines is 2. The molecule has 0 aromatic heterocycles. The van der Waals surface area contributed by atoms with Crippen LogP contribution in [0.15, 0.2) is 18.2 Å². The summed E-state index contributed by atoms with van der Waals surface area (Å²) in [4.78, 5) is 0. The minimum Gasteiger partial charge on any atom is -0.399 e. The summed E-state index contributed by atoms with van der Waals surface area (Å²) >= 11 is 0. The van der Waals surface area contributed by atoms with Crippen molar-refractivity contribution in [1.29, 1.82) is 5.41 Å². The molecule has 0 bridgehead atoms. The van der Waals surface area contributed by atoms with Crippen molar-refractivity contribution >= 4 is 17.2 Å². The Morgan fingerprint density at radius 2 is 1.91 bits per heavy atom. The van der Waals surface area contributed by atoms with Crippen LogP contribution in [-0.4, -0.2) is 5.84 Å². The molecule has 0 fully saturated rings. The first kappa shape index (κ1) is 7.40. The Labute approximate surface area is 64.5 Å². The highest BCUT2D eigenvalue weighted by molar-refractivity contribution is 6.00. The third-order valence-electron chi connectivity index (χ3n) is 1.37. The Hall–Kier alpha value is -1.71. The molecule has 0 aliphatic carbocycles. The van der Waals surface area contributed by atoms with Crippen LogP contribution in [-0.2, 0) is 0 Å². The van der Waals surface area contributed by atoms with Gasteiger partial charge in [-0.05, 0) is 18.2 Å². The van der Waals surface area contributed by atoms with Crippen molar-refractivity contribution in [2.75, 3.05) is 11.5 Å². The predicted octanol–water partition coefficient (Wildman–Crippen LogP) is 0.135. The van der Waals surface area contributed by atoms with E-state index in [0.29, 0.717) is 16.9 Å². The zero-order valence-corrected chi connectivity index (χ0v) is 5.96. The first-order valence-corrected chi connectivity index (χ1v) is 3.10. The number of hydrogen-bond donors (Lipinski definition) is 4. The molecule has 4 nitrogen and oxygen atoms in total. The summed E-state index contributed by atoms with van der Waals surface area (Å²) in [5.41, 5.74) is 17.7. The van der Waals surface area contributed by atoms with Gasteiger partial charge >= 0.3 is 0 Å². The van der Waals surface area contributed by atoms with Gasteiger partial charge in [-0.3, -0.25) is 5.41 Å². The lowest BCUT2D eigenvalue weighted by Crippen LogP contribution is -2.13. The lowest BCUT2D eigenvalue weighted by atomic mass is 10.1. The van der Waals surface area contributed by atoms with Gasteiger partial charge in [0.2, 0.25) is 0 Å². The van der Waals surface area contributed by atoms with Gasteiger partial charge < -0.3 is 17.2 Å². The molecule has 0 spiro atoms. The highest BCUT2D eigenvalue weighted by atomic mass is 14.7. The van der Waals surface area contributed by atoms with Gasteiger partial charge in [0, 0.05) is 16.9 Å². The molecule has 0 unspecified atom stereocenters. The molecule has 0 aliphatic rings. The molecule has 4 heteroatoms. The van der Waals surface area contributed by atoms with Crippen molar-refractivity contribution in [1.82, 2.24) is 0 Å². The fourth-order valence-corrected chi connectivity index (χ4v) is 0.826. The van der Waals surface area contributed by atoms with Gasteiger partial charge in [0.05, 0.1) is 0 Å². The highest BCUT2D eigenvalue weighted by Crippen LogP contribution is 2.14. The van der Waals surface area contributed by atoms with E-state index >= 15 is 0 Å². The summed E-state index contributed by atoms with van der Waals surface area (Å²) < 4.78 is 0. The maximum Gasteiger partial charge on any atom is 0.124 e. The smallest absolute Gasteiger partial charge is 0.124 e. The van der Waals surface area contributed by atoms with E-state index in [2.05, 4.69) is 0 Å². The Bertz CT molecular complexity index is 292. The number of nitrogen functional groups attached to an aromatic ring is 3. The molecule has 0 heterocycles. The first-order valence-electron chi connectivity index (χ1n) is 3.10. The van der Waals surface area contributed by atoms with Crippen molar-refractivity contribution in [2.24, 2.45) is 5.73 Å². The topological polar surface area (TPSA) is 102 Å². The summed E-state index contributed by atoms with van der Waals surface area (Å²) in [6.07, 6.45) is 0. The van der Waals surface area contributed by atoms with Crippen LogP contribution in [0.2, 0.25) is 0 Å². The van der Waals surface area contributed by atoms with Gasteiger partial charge in [-0.1, -0.05) is 0 Å². The Morgan fingerprint density at radius 3 is 2.36 bits per heavy atom. The average molecular weight is 150 g/mol. The molecule has 0 radical (unpaired) electrons. The van der Waals surface area contributed by atoms with Crippen molar-refractivity contribution in [3.8, 4) is 0 Å². The third-order valence-corrected chi connectivity index (χ3v) is 1.37. The van der Waals surface area contributed by atoms with Gasteiger partial charge in [0.15, 0.2) is 0 Å². The van der Waals surface area contributed by atoms with Crippen LogP contribution in [0.4, 0.5) is 11.4 Å². The number of nitrogens with two attached hydrogens (primary N) is 3. The maximum absolute atomic E-state index is 7.10. The Kier molecular flexibility index (Phi) is 1.68. The standard InChI is InChI=1S/C7H10N4/c8-4-1-2-5(7(10)11)6(9)3-4/h1-3H,8-9H2,(H3,10,11). The van der Waals surface area contributed by atoms with Crippen LogP contribution in [0.1, 0.15) is 5.56 Å². The number of nitrogens with one attached hydrogen (secondary N) is 1. The largest absolute Gasteiger partial charge is 0.399 e.